The maximum absolute atomic E-state index is 12.2. The number of carbonyl (C=O) groups is 1. The van der Waals surface area contributed by atoms with Crippen LogP contribution in [0.4, 0.5) is 0 Å². The molecule has 1 fully saturated rings. The first kappa shape index (κ1) is 15.8. The van der Waals surface area contributed by atoms with Crippen LogP contribution in [0.5, 0.6) is 5.75 Å². The average Bonchev–Trinajstić information content (AvgIpc) is 2.47. The molecular weight excluding hydrogens is 268 g/mol. The maximum atomic E-state index is 12.2. The van der Waals surface area contributed by atoms with Crippen LogP contribution in [0.15, 0.2) is 18.2 Å². The van der Waals surface area contributed by atoms with Crippen LogP contribution < -0.4 is 15.4 Å². The molecule has 5 heteroatoms. The minimum atomic E-state index is -0.292. The van der Waals surface area contributed by atoms with Gasteiger partial charge in [0.15, 0.2) is 0 Å². The molecule has 0 spiro atoms. The van der Waals surface area contributed by atoms with Crippen LogP contribution in [0.25, 0.3) is 0 Å². The number of hydrogen-bond donors (Lipinski definition) is 2. The fourth-order valence-corrected chi connectivity index (χ4v) is 2.42. The summed E-state index contributed by atoms with van der Waals surface area (Å²) in [7, 11) is 0. The molecule has 116 valence electrons. The standard InChI is InChI=1S/C16H24N2O3/c1-4-20-14-9-11(2)5-6-13(14)10-18-16(19)15-12(3)21-8-7-17-15/h5-6,9,12,15,17H,4,7-8,10H2,1-3H3,(H,18,19)/t12-,15+/m1/s1. The van der Waals surface area contributed by atoms with Crippen molar-refractivity contribution in [3.8, 4) is 5.75 Å². The van der Waals surface area contributed by atoms with Crippen LogP contribution >= 0.6 is 0 Å². The molecule has 2 atom stereocenters. The molecule has 1 aliphatic rings. The zero-order valence-corrected chi connectivity index (χ0v) is 12.9. The van der Waals surface area contributed by atoms with Crippen molar-refractivity contribution in [3.05, 3.63) is 29.3 Å². The van der Waals surface area contributed by atoms with E-state index in [4.69, 9.17) is 9.47 Å². The summed E-state index contributed by atoms with van der Waals surface area (Å²) < 4.78 is 11.1. The Morgan fingerprint density at radius 1 is 1.52 bits per heavy atom. The van der Waals surface area contributed by atoms with Crippen LogP contribution in [0.1, 0.15) is 25.0 Å². The second kappa shape index (κ2) is 7.43. The fourth-order valence-electron chi connectivity index (χ4n) is 2.42. The van der Waals surface area contributed by atoms with Crippen molar-refractivity contribution in [3.63, 3.8) is 0 Å². The Hall–Kier alpha value is -1.59. The van der Waals surface area contributed by atoms with Crippen LogP contribution in [0.3, 0.4) is 0 Å². The molecule has 0 aliphatic carbocycles. The minimum Gasteiger partial charge on any atom is -0.494 e. The summed E-state index contributed by atoms with van der Waals surface area (Å²) in [6.07, 6.45) is -0.108. The van der Waals surface area contributed by atoms with Crippen molar-refractivity contribution in [2.45, 2.75) is 39.5 Å². The van der Waals surface area contributed by atoms with E-state index in [-0.39, 0.29) is 18.1 Å². The number of benzene rings is 1. The third-order valence-corrected chi connectivity index (χ3v) is 3.57. The molecule has 0 aromatic heterocycles. The predicted molar refractivity (Wildman–Crippen MR) is 81.4 cm³/mol. The van der Waals surface area contributed by atoms with Crippen molar-refractivity contribution < 1.29 is 14.3 Å². The minimum absolute atomic E-state index is 0.0368. The van der Waals surface area contributed by atoms with E-state index in [0.717, 1.165) is 16.9 Å². The smallest absolute Gasteiger partial charge is 0.240 e. The molecule has 0 bridgehead atoms. The second-order valence-corrected chi connectivity index (χ2v) is 5.27. The van der Waals surface area contributed by atoms with Gasteiger partial charge in [-0.1, -0.05) is 12.1 Å². The Morgan fingerprint density at radius 3 is 3.05 bits per heavy atom. The quantitative estimate of drug-likeness (QED) is 0.861. The number of aryl methyl sites for hydroxylation is 1. The molecule has 1 aliphatic heterocycles. The third kappa shape index (κ3) is 4.19. The van der Waals surface area contributed by atoms with Crippen LogP contribution in [0.2, 0.25) is 0 Å². The number of nitrogens with one attached hydrogen (secondary N) is 2. The topological polar surface area (TPSA) is 59.6 Å². The largest absolute Gasteiger partial charge is 0.494 e. The number of carbonyl (C=O) groups excluding carboxylic acids is 1. The van der Waals surface area contributed by atoms with Gasteiger partial charge in [-0.25, -0.2) is 0 Å². The summed E-state index contributed by atoms with van der Waals surface area (Å²) in [5.74, 6) is 0.795. The van der Waals surface area contributed by atoms with Gasteiger partial charge < -0.3 is 20.1 Å². The Labute approximate surface area is 126 Å². The number of rotatable bonds is 5. The van der Waals surface area contributed by atoms with Gasteiger partial charge in [-0.3, -0.25) is 4.79 Å². The predicted octanol–water partition coefficient (Wildman–Crippen LogP) is 1.39. The highest BCUT2D eigenvalue weighted by atomic mass is 16.5. The summed E-state index contributed by atoms with van der Waals surface area (Å²) in [5, 5.41) is 6.14. The van der Waals surface area contributed by atoms with Crippen molar-refractivity contribution in [2.75, 3.05) is 19.8 Å². The maximum Gasteiger partial charge on any atom is 0.240 e. The molecule has 1 aromatic carbocycles. The monoisotopic (exact) mass is 292 g/mol. The van der Waals surface area contributed by atoms with Gasteiger partial charge in [-0.15, -0.1) is 0 Å². The summed E-state index contributed by atoms with van der Waals surface area (Å²) in [6, 6.07) is 5.72. The van der Waals surface area contributed by atoms with Gasteiger partial charge in [0.25, 0.3) is 0 Å². The zero-order chi connectivity index (χ0) is 15.2. The Kier molecular flexibility index (Phi) is 5.59. The van der Waals surface area contributed by atoms with Gasteiger partial charge >= 0.3 is 0 Å². The Morgan fingerprint density at radius 2 is 2.33 bits per heavy atom. The van der Waals surface area contributed by atoms with Gasteiger partial charge in [-0.2, -0.15) is 0 Å². The average molecular weight is 292 g/mol. The lowest BCUT2D eigenvalue weighted by atomic mass is 10.1. The Balaban J connectivity index is 1.97. The normalized spacial score (nSPS) is 21.9. The highest BCUT2D eigenvalue weighted by Gasteiger charge is 2.28. The molecule has 0 unspecified atom stereocenters. The summed E-state index contributed by atoms with van der Waals surface area (Å²) in [5.41, 5.74) is 2.13. The first-order valence-electron chi connectivity index (χ1n) is 7.47. The second-order valence-electron chi connectivity index (χ2n) is 5.27. The molecule has 2 rings (SSSR count). The molecule has 1 saturated heterocycles. The summed E-state index contributed by atoms with van der Waals surface area (Å²) in [4.78, 5) is 12.2. The number of hydrogen-bond acceptors (Lipinski definition) is 4. The van der Waals surface area contributed by atoms with Gasteiger partial charge in [0.05, 0.1) is 19.3 Å². The van der Waals surface area contributed by atoms with Crippen LogP contribution in [-0.4, -0.2) is 37.8 Å². The lowest BCUT2D eigenvalue weighted by Gasteiger charge is -2.29. The van der Waals surface area contributed by atoms with E-state index < -0.39 is 0 Å². The molecule has 2 N–H and O–H groups in total. The highest BCUT2D eigenvalue weighted by Crippen LogP contribution is 2.20. The van der Waals surface area contributed by atoms with Crippen molar-refractivity contribution in [1.29, 1.82) is 0 Å². The number of amides is 1. The van der Waals surface area contributed by atoms with E-state index in [1.807, 2.05) is 39.0 Å². The van der Waals surface area contributed by atoms with Crippen molar-refractivity contribution >= 4 is 5.91 Å². The zero-order valence-electron chi connectivity index (χ0n) is 12.9. The lowest BCUT2D eigenvalue weighted by molar-refractivity contribution is -0.129. The number of morpholine rings is 1. The molecule has 1 aromatic rings. The Bertz CT molecular complexity index is 490. The van der Waals surface area contributed by atoms with E-state index in [2.05, 4.69) is 10.6 Å². The first-order valence-corrected chi connectivity index (χ1v) is 7.47. The van der Waals surface area contributed by atoms with Crippen molar-refractivity contribution in [2.24, 2.45) is 0 Å². The van der Waals surface area contributed by atoms with E-state index in [1.54, 1.807) is 0 Å². The molecule has 5 nitrogen and oxygen atoms in total. The van der Waals surface area contributed by atoms with Gasteiger partial charge in [0.1, 0.15) is 11.8 Å². The van der Waals surface area contributed by atoms with E-state index in [1.165, 1.54) is 0 Å². The summed E-state index contributed by atoms with van der Waals surface area (Å²) >= 11 is 0. The molecule has 1 heterocycles. The molecular formula is C16H24N2O3. The summed E-state index contributed by atoms with van der Waals surface area (Å²) in [6.45, 7) is 8.31. The van der Waals surface area contributed by atoms with Crippen LogP contribution in [0, 0.1) is 6.92 Å². The van der Waals surface area contributed by atoms with E-state index in [9.17, 15) is 4.79 Å². The third-order valence-electron chi connectivity index (χ3n) is 3.57. The number of ether oxygens (including phenoxy) is 2. The van der Waals surface area contributed by atoms with E-state index in [0.29, 0.717) is 26.3 Å². The van der Waals surface area contributed by atoms with Crippen molar-refractivity contribution in [1.82, 2.24) is 10.6 Å². The molecule has 0 saturated carbocycles. The molecule has 0 radical (unpaired) electrons. The highest BCUT2D eigenvalue weighted by molar-refractivity contribution is 5.82. The molecule has 1 amide bonds. The van der Waals surface area contributed by atoms with Gasteiger partial charge in [0, 0.05) is 18.7 Å². The SMILES string of the molecule is CCOc1cc(C)ccc1CNC(=O)[C@H]1NCCO[C@@H]1C. The van der Waals surface area contributed by atoms with Crippen LogP contribution in [-0.2, 0) is 16.1 Å². The van der Waals surface area contributed by atoms with Gasteiger partial charge in [0.2, 0.25) is 5.91 Å². The molecule has 21 heavy (non-hydrogen) atoms. The van der Waals surface area contributed by atoms with E-state index >= 15 is 0 Å². The fraction of sp³-hybridized carbons (Fsp3) is 0.562. The first-order chi connectivity index (χ1) is 10.1. The van der Waals surface area contributed by atoms with Gasteiger partial charge in [-0.05, 0) is 32.4 Å². The lowest BCUT2D eigenvalue weighted by Crippen LogP contribution is -2.55.